The molecular weight excluding hydrogens is 412 g/mol. The lowest BCUT2D eigenvalue weighted by Crippen LogP contribution is -2.41. The maximum atomic E-state index is 11.8. The van der Waals surface area contributed by atoms with Crippen molar-refractivity contribution in [1.29, 1.82) is 0 Å². The van der Waals surface area contributed by atoms with Gasteiger partial charge in [0.1, 0.15) is 5.54 Å². The molecule has 0 radical (unpaired) electrons. The Hall–Kier alpha value is -4.08. The molecule has 0 bridgehead atoms. The SMILES string of the molecule is COc1cc(-c2cc(C)c3c(O)n(-c4cnn(C(C)(C)C(N)=O)c4)cc3n2)cnc1OC. The zero-order valence-electron chi connectivity index (χ0n) is 18.4. The smallest absolute Gasteiger partial charge is 0.256 e. The number of primary amides is 1. The number of nitrogens with two attached hydrogens (primary N) is 1. The van der Waals surface area contributed by atoms with Gasteiger partial charge < -0.3 is 20.3 Å². The van der Waals surface area contributed by atoms with Gasteiger partial charge in [-0.2, -0.15) is 5.10 Å². The fraction of sp³-hybridized carbons (Fsp3) is 0.273. The number of rotatable bonds is 6. The van der Waals surface area contributed by atoms with Crippen LogP contribution in [0.3, 0.4) is 0 Å². The molecule has 4 aromatic heterocycles. The van der Waals surface area contributed by atoms with E-state index in [4.69, 9.17) is 20.2 Å². The van der Waals surface area contributed by atoms with Crippen molar-refractivity contribution in [3.05, 3.63) is 42.5 Å². The summed E-state index contributed by atoms with van der Waals surface area (Å²) in [6, 6.07) is 3.67. The highest BCUT2D eigenvalue weighted by Crippen LogP contribution is 2.35. The molecule has 0 saturated carbocycles. The molecule has 10 heteroatoms. The number of fused-ring (bicyclic) bond motifs is 1. The average Bonchev–Trinajstić information content (AvgIpc) is 3.38. The van der Waals surface area contributed by atoms with Gasteiger partial charge in [-0.15, -0.1) is 0 Å². The number of pyridine rings is 2. The van der Waals surface area contributed by atoms with Crippen molar-refractivity contribution >= 4 is 16.8 Å². The fourth-order valence-electron chi connectivity index (χ4n) is 3.46. The molecule has 0 aliphatic rings. The highest BCUT2D eigenvalue weighted by molar-refractivity contribution is 5.90. The van der Waals surface area contributed by atoms with Crippen molar-refractivity contribution in [2.24, 2.45) is 5.73 Å². The third-order valence-corrected chi connectivity index (χ3v) is 5.50. The van der Waals surface area contributed by atoms with Crippen LogP contribution in [0.15, 0.2) is 36.9 Å². The molecule has 10 nitrogen and oxygen atoms in total. The van der Waals surface area contributed by atoms with E-state index >= 15 is 0 Å². The molecule has 166 valence electrons. The van der Waals surface area contributed by atoms with Gasteiger partial charge in [-0.25, -0.2) is 9.97 Å². The van der Waals surface area contributed by atoms with Gasteiger partial charge in [-0.1, -0.05) is 0 Å². The molecule has 0 aliphatic carbocycles. The van der Waals surface area contributed by atoms with Gasteiger partial charge in [0.2, 0.25) is 11.8 Å². The summed E-state index contributed by atoms with van der Waals surface area (Å²) in [6.07, 6.45) is 6.57. The Labute approximate surface area is 184 Å². The number of methoxy groups -OCH3 is 2. The monoisotopic (exact) mass is 436 g/mol. The molecular formula is C22H24N6O4. The minimum Gasteiger partial charge on any atom is -0.494 e. The Balaban J connectivity index is 1.81. The Morgan fingerprint density at radius 1 is 1.16 bits per heavy atom. The van der Waals surface area contributed by atoms with Crippen LogP contribution in [0.2, 0.25) is 0 Å². The summed E-state index contributed by atoms with van der Waals surface area (Å²) in [4.78, 5) is 20.7. The summed E-state index contributed by atoms with van der Waals surface area (Å²) in [7, 11) is 3.07. The van der Waals surface area contributed by atoms with E-state index in [-0.39, 0.29) is 5.88 Å². The lowest BCUT2D eigenvalue weighted by Gasteiger charge is -2.20. The second-order valence-corrected chi connectivity index (χ2v) is 7.91. The van der Waals surface area contributed by atoms with E-state index in [1.54, 1.807) is 56.4 Å². The van der Waals surface area contributed by atoms with Crippen LogP contribution >= 0.6 is 0 Å². The summed E-state index contributed by atoms with van der Waals surface area (Å²) >= 11 is 0. The zero-order valence-corrected chi connectivity index (χ0v) is 18.4. The van der Waals surface area contributed by atoms with Crippen molar-refractivity contribution < 1.29 is 19.4 Å². The first-order chi connectivity index (χ1) is 15.2. The Morgan fingerprint density at radius 3 is 2.56 bits per heavy atom. The number of carbonyl (C=O) groups is 1. The van der Waals surface area contributed by atoms with Crippen LogP contribution in [0.5, 0.6) is 17.5 Å². The minimum absolute atomic E-state index is 0.0263. The van der Waals surface area contributed by atoms with Crippen LogP contribution in [-0.2, 0) is 10.3 Å². The second kappa shape index (κ2) is 7.56. The Kier molecular flexibility index (Phi) is 5.00. The van der Waals surface area contributed by atoms with Crippen LogP contribution < -0.4 is 15.2 Å². The van der Waals surface area contributed by atoms with Crippen molar-refractivity contribution in [2.75, 3.05) is 14.2 Å². The van der Waals surface area contributed by atoms with E-state index in [0.29, 0.717) is 33.9 Å². The normalized spacial score (nSPS) is 11.7. The van der Waals surface area contributed by atoms with Crippen molar-refractivity contribution in [2.45, 2.75) is 26.3 Å². The van der Waals surface area contributed by atoms with E-state index in [2.05, 4.69) is 10.1 Å². The molecule has 1 amide bonds. The number of amides is 1. The van der Waals surface area contributed by atoms with E-state index in [0.717, 1.165) is 11.1 Å². The van der Waals surface area contributed by atoms with Crippen molar-refractivity contribution in [3.8, 4) is 34.5 Å². The van der Waals surface area contributed by atoms with Gasteiger partial charge in [0.25, 0.3) is 5.88 Å². The first-order valence-corrected chi connectivity index (χ1v) is 9.82. The van der Waals surface area contributed by atoms with Gasteiger partial charge >= 0.3 is 0 Å². The third kappa shape index (κ3) is 3.29. The number of hydrogen-bond acceptors (Lipinski definition) is 7. The van der Waals surface area contributed by atoms with Crippen LogP contribution in [0, 0.1) is 6.92 Å². The molecule has 4 rings (SSSR count). The molecule has 0 unspecified atom stereocenters. The van der Waals surface area contributed by atoms with Gasteiger partial charge in [0, 0.05) is 18.0 Å². The largest absolute Gasteiger partial charge is 0.494 e. The predicted octanol–water partition coefficient (Wildman–Crippen LogP) is 2.54. The lowest BCUT2D eigenvalue weighted by atomic mass is 10.1. The summed E-state index contributed by atoms with van der Waals surface area (Å²) in [5.41, 5.74) is 7.89. The number of aryl methyl sites for hydroxylation is 1. The minimum atomic E-state index is -1.01. The van der Waals surface area contributed by atoms with E-state index in [1.165, 1.54) is 11.8 Å². The second-order valence-electron chi connectivity index (χ2n) is 7.91. The summed E-state index contributed by atoms with van der Waals surface area (Å²) < 4.78 is 13.6. The van der Waals surface area contributed by atoms with Crippen LogP contribution in [0.25, 0.3) is 27.8 Å². The maximum Gasteiger partial charge on any atom is 0.256 e. The van der Waals surface area contributed by atoms with Gasteiger partial charge in [-0.3, -0.25) is 14.0 Å². The highest BCUT2D eigenvalue weighted by Gasteiger charge is 2.28. The molecule has 4 aromatic rings. The van der Waals surface area contributed by atoms with E-state index in [1.807, 2.05) is 13.0 Å². The number of nitrogens with zero attached hydrogens (tertiary/aromatic N) is 5. The molecule has 0 spiro atoms. The zero-order chi connectivity index (χ0) is 23.2. The van der Waals surface area contributed by atoms with E-state index in [9.17, 15) is 9.90 Å². The lowest BCUT2D eigenvalue weighted by molar-refractivity contribution is -0.125. The molecule has 0 atom stereocenters. The molecule has 3 N–H and O–H groups in total. The number of carbonyl (C=O) groups excluding carboxylic acids is 1. The fourth-order valence-corrected chi connectivity index (χ4v) is 3.46. The van der Waals surface area contributed by atoms with E-state index < -0.39 is 11.4 Å². The number of ether oxygens (including phenoxy) is 2. The topological polar surface area (TPSA) is 130 Å². The summed E-state index contributed by atoms with van der Waals surface area (Å²) in [5.74, 6) is 0.390. The maximum absolute atomic E-state index is 11.8. The van der Waals surface area contributed by atoms with Crippen LogP contribution in [-0.4, -0.2) is 49.5 Å². The summed E-state index contributed by atoms with van der Waals surface area (Å²) in [5, 5.41) is 15.8. The molecule has 0 aliphatic heterocycles. The van der Waals surface area contributed by atoms with Crippen LogP contribution in [0.4, 0.5) is 0 Å². The molecule has 0 fully saturated rings. The number of hydrogen-bond donors (Lipinski definition) is 2. The molecule has 4 heterocycles. The standard InChI is InChI=1S/C22H24N6O4/c1-12-6-15(13-7-17(31-4)19(32-5)24-8-13)26-16-11-27(20(29)18(12)16)14-9-25-28(10-14)22(2,3)21(23)30/h6-11,29H,1-5H3,(H2,23,30). The molecule has 32 heavy (non-hydrogen) atoms. The van der Waals surface area contributed by atoms with Gasteiger partial charge in [-0.05, 0) is 38.5 Å². The first-order valence-electron chi connectivity index (χ1n) is 9.82. The number of aromatic hydroxyl groups is 1. The highest BCUT2D eigenvalue weighted by atomic mass is 16.5. The van der Waals surface area contributed by atoms with Crippen LogP contribution in [0.1, 0.15) is 19.4 Å². The molecule has 0 aromatic carbocycles. The first kappa shape index (κ1) is 21.2. The van der Waals surface area contributed by atoms with Crippen molar-refractivity contribution in [1.82, 2.24) is 24.3 Å². The Bertz CT molecular complexity index is 1340. The Morgan fingerprint density at radius 2 is 1.91 bits per heavy atom. The average molecular weight is 436 g/mol. The third-order valence-electron chi connectivity index (χ3n) is 5.50. The quantitative estimate of drug-likeness (QED) is 0.475. The number of aromatic nitrogens is 5. The molecule has 0 saturated heterocycles. The predicted molar refractivity (Wildman–Crippen MR) is 118 cm³/mol. The van der Waals surface area contributed by atoms with Gasteiger partial charge in [0.15, 0.2) is 5.75 Å². The summed E-state index contributed by atoms with van der Waals surface area (Å²) in [6.45, 7) is 5.24. The van der Waals surface area contributed by atoms with Gasteiger partial charge in [0.05, 0.1) is 48.9 Å². The van der Waals surface area contributed by atoms with Crippen molar-refractivity contribution in [3.63, 3.8) is 0 Å².